The Morgan fingerprint density at radius 2 is 1.95 bits per heavy atom. The van der Waals surface area contributed by atoms with Crippen LogP contribution in [0.3, 0.4) is 0 Å². The molecular formula is C15H22N2O2. The molecule has 1 aromatic heterocycles. The van der Waals surface area contributed by atoms with Crippen LogP contribution in [0.15, 0.2) is 36.2 Å². The van der Waals surface area contributed by atoms with E-state index in [1.165, 1.54) is 6.07 Å². The Hall–Kier alpha value is -1.81. The average molecular weight is 262 g/mol. The molecule has 1 N–H and O–H groups in total. The van der Waals surface area contributed by atoms with E-state index in [1.54, 1.807) is 12.2 Å². The summed E-state index contributed by atoms with van der Waals surface area (Å²) in [5.74, 6) is -0.162. The van der Waals surface area contributed by atoms with Crippen LogP contribution in [-0.2, 0) is 13.1 Å². The first-order valence-electron chi connectivity index (χ1n) is 6.41. The maximum absolute atomic E-state index is 11.7. The van der Waals surface area contributed by atoms with Gasteiger partial charge in [0.05, 0.1) is 5.69 Å². The van der Waals surface area contributed by atoms with Crippen molar-refractivity contribution in [3.63, 3.8) is 0 Å². The molecule has 0 amide bonds. The molecule has 0 bridgehead atoms. The number of aromatic nitrogens is 1. The standard InChI is InChI=1S/C15H22N2O2/c1-5-8-16(9-6-2)11-13-15(19)14(18)10-12(4)17(13)7-3/h5-6,10,19H,1-2,7-9,11H2,3-4H3. The summed E-state index contributed by atoms with van der Waals surface area (Å²) in [4.78, 5) is 13.8. The number of pyridine rings is 1. The fraction of sp³-hybridized carbons (Fsp3) is 0.400. The number of hydrogen-bond donors (Lipinski definition) is 1. The highest BCUT2D eigenvalue weighted by Crippen LogP contribution is 2.16. The molecule has 0 spiro atoms. The van der Waals surface area contributed by atoms with E-state index >= 15 is 0 Å². The van der Waals surface area contributed by atoms with Crippen molar-refractivity contribution in [1.82, 2.24) is 9.47 Å². The van der Waals surface area contributed by atoms with Gasteiger partial charge in [-0.3, -0.25) is 9.69 Å². The topological polar surface area (TPSA) is 45.5 Å². The summed E-state index contributed by atoms with van der Waals surface area (Å²) < 4.78 is 1.95. The van der Waals surface area contributed by atoms with Crippen LogP contribution < -0.4 is 5.43 Å². The Labute approximate surface area is 114 Å². The van der Waals surface area contributed by atoms with Gasteiger partial charge in [0.25, 0.3) is 0 Å². The summed E-state index contributed by atoms with van der Waals surface area (Å²) in [5.41, 5.74) is 1.18. The van der Waals surface area contributed by atoms with Crippen molar-refractivity contribution in [2.75, 3.05) is 13.1 Å². The van der Waals surface area contributed by atoms with Gasteiger partial charge in [0.15, 0.2) is 5.75 Å². The second kappa shape index (κ2) is 6.95. The number of rotatable bonds is 7. The van der Waals surface area contributed by atoms with Crippen LogP contribution in [-0.4, -0.2) is 27.7 Å². The fourth-order valence-corrected chi connectivity index (χ4v) is 2.20. The van der Waals surface area contributed by atoms with Gasteiger partial charge in [-0.15, -0.1) is 13.2 Å². The van der Waals surface area contributed by atoms with Gasteiger partial charge >= 0.3 is 0 Å². The largest absolute Gasteiger partial charge is 0.503 e. The lowest BCUT2D eigenvalue weighted by Crippen LogP contribution is -2.27. The molecule has 0 fully saturated rings. The Balaban J connectivity index is 3.20. The molecule has 0 atom stereocenters. The molecule has 0 aliphatic heterocycles. The van der Waals surface area contributed by atoms with Crippen LogP contribution in [0.2, 0.25) is 0 Å². The Bertz CT molecular complexity index is 508. The SMILES string of the molecule is C=CCN(CC=C)Cc1c(O)c(=O)cc(C)n1CC. The van der Waals surface area contributed by atoms with Gasteiger partial charge < -0.3 is 9.67 Å². The minimum Gasteiger partial charge on any atom is -0.503 e. The minimum absolute atomic E-state index is 0.162. The smallest absolute Gasteiger partial charge is 0.223 e. The lowest BCUT2D eigenvalue weighted by atomic mass is 10.2. The van der Waals surface area contributed by atoms with E-state index < -0.39 is 0 Å². The summed E-state index contributed by atoms with van der Waals surface area (Å²) in [5, 5.41) is 10.0. The van der Waals surface area contributed by atoms with Gasteiger partial charge in [-0.05, 0) is 13.8 Å². The third-order valence-corrected chi connectivity index (χ3v) is 3.06. The van der Waals surface area contributed by atoms with Gasteiger partial charge in [0, 0.05) is 37.9 Å². The number of nitrogens with zero attached hydrogens (tertiary/aromatic N) is 2. The fourth-order valence-electron chi connectivity index (χ4n) is 2.20. The van der Waals surface area contributed by atoms with E-state index in [1.807, 2.05) is 18.4 Å². The quantitative estimate of drug-likeness (QED) is 0.765. The van der Waals surface area contributed by atoms with Crippen molar-refractivity contribution >= 4 is 0 Å². The molecule has 0 radical (unpaired) electrons. The zero-order valence-corrected chi connectivity index (χ0v) is 11.7. The van der Waals surface area contributed by atoms with Crippen molar-refractivity contribution in [1.29, 1.82) is 0 Å². The van der Waals surface area contributed by atoms with Gasteiger partial charge in [-0.25, -0.2) is 0 Å². The van der Waals surface area contributed by atoms with Crippen LogP contribution >= 0.6 is 0 Å². The van der Waals surface area contributed by atoms with E-state index in [-0.39, 0.29) is 11.2 Å². The molecule has 0 aromatic carbocycles. The third-order valence-electron chi connectivity index (χ3n) is 3.06. The van der Waals surface area contributed by atoms with Crippen LogP contribution in [0.5, 0.6) is 5.75 Å². The molecule has 104 valence electrons. The molecule has 19 heavy (non-hydrogen) atoms. The normalized spacial score (nSPS) is 10.7. The lowest BCUT2D eigenvalue weighted by Gasteiger charge is -2.23. The summed E-state index contributed by atoms with van der Waals surface area (Å²) in [6.07, 6.45) is 3.59. The van der Waals surface area contributed by atoms with E-state index in [9.17, 15) is 9.90 Å². The molecule has 4 nitrogen and oxygen atoms in total. The Morgan fingerprint density at radius 1 is 1.37 bits per heavy atom. The molecule has 0 aliphatic rings. The van der Waals surface area contributed by atoms with Crippen molar-refractivity contribution in [3.8, 4) is 5.75 Å². The first kappa shape index (κ1) is 15.2. The van der Waals surface area contributed by atoms with Crippen molar-refractivity contribution in [3.05, 3.63) is 53.0 Å². The second-order valence-electron chi connectivity index (χ2n) is 4.46. The Morgan fingerprint density at radius 3 is 2.42 bits per heavy atom. The maximum Gasteiger partial charge on any atom is 0.223 e. The highest BCUT2D eigenvalue weighted by molar-refractivity contribution is 5.29. The number of hydrogen-bond acceptors (Lipinski definition) is 3. The molecular weight excluding hydrogens is 240 g/mol. The highest BCUT2D eigenvalue weighted by Gasteiger charge is 2.14. The second-order valence-corrected chi connectivity index (χ2v) is 4.46. The van der Waals surface area contributed by atoms with Crippen molar-refractivity contribution < 1.29 is 5.11 Å². The minimum atomic E-state index is -0.325. The Kier molecular flexibility index (Phi) is 5.57. The summed E-state index contributed by atoms with van der Waals surface area (Å²) >= 11 is 0. The molecule has 0 aliphatic carbocycles. The summed E-state index contributed by atoms with van der Waals surface area (Å²) in [7, 11) is 0. The molecule has 4 heteroatoms. The van der Waals surface area contributed by atoms with E-state index in [0.717, 1.165) is 5.69 Å². The van der Waals surface area contributed by atoms with Crippen molar-refractivity contribution in [2.45, 2.75) is 26.9 Å². The molecule has 1 rings (SSSR count). The van der Waals surface area contributed by atoms with Gasteiger partial charge in [-0.1, -0.05) is 12.2 Å². The summed E-state index contributed by atoms with van der Waals surface area (Å²) in [6, 6.07) is 1.47. The van der Waals surface area contributed by atoms with Crippen LogP contribution in [0.25, 0.3) is 0 Å². The van der Waals surface area contributed by atoms with E-state index in [4.69, 9.17) is 0 Å². The average Bonchev–Trinajstić information content (AvgIpc) is 2.36. The van der Waals surface area contributed by atoms with Gasteiger partial charge in [0.2, 0.25) is 5.43 Å². The number of aromatic hydroxyl groups is 1. The van der Waals surface area contributed by atoms with Crippen molar-refractivity contribution in [2.24, 2.45) is 0 Å². The monoisotopic (exact) mass is 262 g/mol. The predicted molar refractivity (Wildman–Crippen MR) is 78.4 cm³/mol. The first-order valence-corrected chi connectivity index (χ1v) is 6.41. The van der Waals surface area contributed by atoms with Gasteiger partial charge in [0.1, 0.15) is 0 Å². The maximum atomic E-state index is 11.7. The van der Waals surface area contributed by atoms with Crippen LogP contribution in [0.1, 0.15) is 18.3 Å². The zero-order valence-electron chi connectivity index (χ0n) is 11.7. The molecule has 0 saturated heterocycles. The molecule has 1 aromatic rings. The van der Waals surface area contributed by atoms with Crippen LogP contribution in [0, 0.1) is 6.92 Å². The van der Waals surface area contributed by atoms with Crippen LogP contribution in [0.4, 0.5) is 0 Å². The summed E-state index contributed by atoms with van der Waals surface area (Å²) in [6.45, 7) is 13.9. The third kappa shape index (κ3) is 3.58. The van der Waals surface area contributed by atoms with E-state index in [2.05, 4.69) is 18.1 Å². The predicted octanol–water partition coefficient (Wildman–Crippen LogP) is 2.06. The van der Waals surface area contributed by atoms with E-state index in [0.29, 0.717) is 31.9 Å². The van der Waals surface area contributed by atoms with Gasteiger partial charge in [-0.2, -0.15) is 0 Å². The molecule has 1 heterocycles. The molecule has 0 saturated carbocycles. The number of aryl methyl sites for hydroxylation is 1. The first-order chi connectivity index (χ1) is 9.04. The highest BCUT2D eigenvalue weighted by atomic mass is 16.3. The zero-order chi connectivity index (χ0) is 14.4. The molecule has 0 unspecified atom stereocenters. The lowest BCUT2D eigenvalue weighted by molar-refractivity contribution is 0.306.